The second-order valence-corrected chi connectivity index (χ2v) is 8.07. The zero-order valence-electron chi connectivity index (χ0n) is 17.6. The minimum atomic E-state index is 0.135. The number of nitrogens with one attached hydrogen (secondary N) is 1. The fourth-order valence-corrected chi connectivity index (χ4v) is 4.35. The zero-order valence-corrected chi connectivity index (χ0v) is 18.4. The minimum Gasteiger partial charge on any atom is -0.495 e. The highest BCUT2D eigenvalue weighted by Gasteiger charge is 2.23. The second kappa shape index (κ2) is 10.1. The Kier molecular flexibility index (Phi) is 7.06. The lowest BCUT2D eigenvalue weighted by molar-refractivity contribution is 0.0439. The van der Waals surface area contributed by atoms with Crippen LogP contribution in [0.5, 0.6) is 5.75 Å². The van der Waals surface area contributed by atoms with E-state index in [9.17, 15) is 5.26 Å². The molecule has 1 heterocycles. The number of halogens is 1. The van der Waals surface area contributed by atoms with Gasteiger partial charge in [0.05, 0.1) is 31.9 Å². The molecular weight excluding hydrogens is 410 g/mol. The number of benzene rings is 3. The first-order valence-corrected chi connectivity index (χ1v) is 10.9. The van der Waals surface area contributed by atoms with E-state index in [2.05, 4.69) is 28.4 Å². The first-order chi connectivity index (χ1) is 15.2. The Balaban J connectivity index is 1.59. The third kappa shape index (κ3) is 4.84. The van der Waals surface area contributed by atoms with Gasteiger partial charge in [0.25, 0.3) is 0 Å². The van der Waals surface area contributed by atoms with Gasteiger partial charge in [-0.2, -0.15) is 5.26 Å². The number of methoxy groups -OCH3 is 1. The quantitative estimate of drug-likeness (QED) is 0.590. The number of hydrogen-bond acceptors (Lipinski definition) is 5. The van der Waals surface area contributed by atoms with Gasteiger partial charge in [0.2, 0.25) is 0 Å². The van der Waals surface area contributed by atoms with Crippen LogP contribution in [-0.2, 0) is 11.3 Å². The molecule has 1 saturated heterocycles. The topological polar surface area (TPSA) is 57.5 Å². The van der Waals surface area contributed by atoms with E-state index in [1.165, 1.54) is 5.56 Å². The molecule has 1 aliphatic heterocycles. The van der Waals surface area contributed by atoms with Gasteiger partial charge in [-0.3, -0.25) is 4.90 Å². The van der Waals surface area contributed by atoms with Crippen LogP contribution in [0.3, 0.4) is 0 Å². The Bertz CT molecular complexity index is 1070. The summed E-state index contributed by atoms with van der Waals surface area (Å²) in [6, 6.07) is 20.3. The van der Waals surface area contributed by atoms with Crippen LogP contribution in [0.4, 0.5) is 0 Å². The van der Waals surface area contributed by atoms with Crippen LogP contribution in [0.15, 0.2) is 54.6 Å². The van der Waals surface area contributed by atoms with E-state index in [1.807, 2.05) is 42.5 Å². The SMILES string of the molecule is COc1c(C#N)cc2ccccc2c1COCC(c1ccc(Cl)cc1)N1CCNCC1. The van der Waals surface area contributed by atoms with Gasteiger partial charge in [0.15, 0.2) is 0 Å². The molecule has 1 N–H and O–H groups in total. The van der Waals surface area contributed by atoms with E-state index in [0.29, 0.717) is 24.5 Å². The van der Waals surface area contributed by atoms with E-state index in [4.69, 9.17) is 21.1 Å². The van der Waals surface area contributed by atoms with Crippen molar-refractivity contribution in [1.82, 2.24) is 10.2 Å². The molecule has 6 heteroatoms. The molecule has 0 saturated carbocycles. The van der Waals surface area contributed by atoms with Crippen molar-refractivity contribution < 1.29 is 9.47 Å². The first-order valence-electron chi connectivity index (χ1n) is 10.5. The third-order valence-corrected chi connectivity index (χ3v) is 6.05. The van der Waals surface area contributed by atoms with Gasteiger partial charge >= 0.3 is 0 Å². The smallest absolute Gasteiger partial charge is 0.142 e. The summed E-state index contributed by atoms with van der Waals surface area (Å²) >= 11 is 6.11. The van der Waals surface area contributed by atoms with Crippen molar-refractivity contribution in [3.8, 4) is 11.8 Å². The summed E-state index contributed by atoms with van der Waals surface area (Å²) in [5.74, 6) is 0.589. The normalized spacial score (nSPS) is 15.5. The lowest BCUT2D eigenvalue weighted by Gasteiger charge is -2.35. The summed E-state index contributed by atoms with van der Waals surface area (Å²) in [6.45, 7) is 4.77. The number of hydrogen-bond donors (Lipinski definition) is 1. The van der Waals surface area contributed by atoms with E-state index in [-0.39, 0.29) is 6.04 Å². The van der Waals surface area contributed by atoms with Gasteiger partial charge < -0.3 is 14.8 Å². The highest BCUT2D eigenvalue weighted by molar-refractivity contribution is 6.30. The van der Waals surface area contributed by atoms with Crippen molar-refractivity contribution >= 4 is 22.4 Å². The Labute approximate surface area is 188 Å². The van der Waals surface area contributed by atoms with Crippen LogP contribution >= 0.6 is 11.6 Å². The van der Waals surface area contributed by atoms with Crippen LogP contribution in [0.25, 0.3) is 10.8 Å². The number of nitrogens with zero attached hydrogens (tertiary/aromatic N) is 2. The van der Waals surface area contributed by atoms with Crippen molar-refractivity contribution in [2.24, 2.45) is 0 Å². The highest BCUT2D eigenvalue weighted by atomic mass is 35.5. The molecule has 3 aromatic carbocycles. The Morgan fingerprint density at radius 2 is 1.87 bits per heavy atom. The standard InChI is InChI=1S/C25H26ClN3O2/c1-30-25-20(15-27)14-19-4-2-3-5-22(19)23(25)16-31-17-24(29-12-10-28-11-13-29)18-6-8-21(26)9-7-18/h2-9,14,24,28H,10-13,16-17H2,1H3. The van der Waals surface area contributed by atoms with Crippen LogP contribution in [-0.4, -0.2) is 44.8 Å². The molecule has 0 aromatic heterocycles. The van der Waals surface area contributed by atoms with Gasteiger partial charge in [0.1, 0.15) is 11.8 Å². The molecule has 1 atom stereocenters. The predicted molar refractivity (Wildman–Crippen MR) is 124 cm³/mol. The molecule has 160 valence electrons. The lowest BCUT2D eigenvalue weighted by Crippen LogP contribution is -2.46. The summed E-state index contributed by atoms with van der Waals surface area (Å²) in [6.07, 6.45) is 0. The van der Waals surface area contributed by atoms with Gasteiger partial charge in [-0.05, 0) is 34.5 Å². The van der Waals surface area contributed by atoms with E-state index in [0.717, 1.165) is 47.5 Å². The zero-order chi connectivity index (χ0) is 21.6. The maximum atomic E-state index is 9.59. The van der Waals surface area contributed by atoms with Crippen LogP contribution in [0.1, 0.15) is 22.7 Å². The Hall–Kier alpha value is -2.62. The summed E-state index contributed by atoms with van der Waals surface area (Å²) < 4.78 is 11.9. The average Bonchev–Trinajstić information content (AvgIpc) is 2.82. The van der Waals surface area contributed by atoms with E-state index < -0.39 is 0 Å². The number of piperazine rings is 1. The fourth-order valence-electron chi connectivity index (χ4n) is 4.23. The molecule has 3 aromatic rings. The summed E-state index contributed by atoms with van der Waals surface area (Å²) in [4.78, 5) is 2.45. The van der Waals surface area contributed by atoms with E-state index in [1.54, 1.807) is 7.11 Å². The molecule has 1 aliphatic rings. The monoisotopic (exact) mass is 435 g/mol. The van der Waals surface area contributed by atoms with Crippen molar-refractivity contribution in [2.75, 3.05) is 39.9 Å². The molecular formula is C25H26ClN3O2. The average molecular weight is 436 g/mol. The van der Waals surface area contributed by atoms with Gasteiger partial charge in [-0.15, -0.1) is 0 Å². The number of fused-ring (bicyclic) bond motifs is 1. The maximum absolute atomic E-state index is 9.59. The lowest BCUT2D eigenvalue weighted by atomic mass is 10.00. The molecule has 4 rings (SSSR count). The molecule has 5 nitrogen and oxygen atoms in total. The van der Waals surface area contributed by atoms with Crippen molar-refractivity contribution in [3.63, 3.8) is 0 Å². The molecule has 0 spiro atoms. The van der Waals surface area contributed by atoms with Gasteiger partial charge in [-0.25, -0.2) is 0 Å². The highest BCUT2D eigenvalue weighted by Crippen LogP contribution is 2.33. The largest absolute Gasteiger partial charge is 0.495 e. The summed E-state index contributed by atoms with van der Waals surface area (Å²) in [7, 11) is 1.60. The molecule has 0 radical (unpaired) electrons. The van der Waals surface area contributed by atoms with E-state index >= 15 is 0 Å². The molecule has 0 amide bonds. The summed E-state index contributed by atoms with van der Waals surface area (Å²) in [5, 5.41) is 15.8. The number of rotatable bonds is 7. The van der Waals surface area contributed by atoms with Crippen LogP contribution in [0.2, 0.25) is 5.02 Å². The number of ether oxygens (including phenoxy) is 2. The first kappa shape index (κ1) is 21.6. The predicted octanol–water partition coefficient (Wildman–Crippen LogP) is 4.54. The number of nitriles is 1. The molecule has 1 unspecified atom stereocenters. The second-order valence-electron chi connectivity index (χ2n) is 7.64. The Morgan fingerprint density at radius 1 is 1.13 bits per heavy atom. The van der Waals surface area contributed by atoms with Gasteiger partial charge in [-0.1, -0.05) is 48.0 Å². The van der Waals surface area contributed by atoms with Crippen LogP contribution in [0, 0.1) is 11.3 Å². The molecule has 31 heavy (non-hydrogen) atoms. The third-order valence-electron chi connectivity index (χ3n) is 5.80. The summed E-state index contributed by atoms with van der Waals surface area (Å²) in [5.41, 5.74) is 2.62. The fraction of sp³-hybridized carbons (Fsp3) is 0.320. The van der Waals surface area contributed by atoms with Crippen LogP contribution < -0.4 is 10.1 Å². The minimum absolute atomic E-state index is 0.135. The van der Waals surface area contributed by atoms with Crippen molar-refractivity contribution in [2.45, 2.75) is 12.6 Å². The van der Waals surface area contributed by atoms with Gasteiger partial charge in [0, 0.05) is 36.8 Å². The molecule has 0 aliphatic carbocycles. The van der Waals surface area contributed by atoms with Crippen molar-refractivity contribution in [3.05, 3.63) is 76.3 Å². The Morgan fingerprint density at radius 3 is 2.58 bits per heavy atom. The molecule has 1 fully saturated rings. The molecule has 0 bridgehead atoms. The van der Waals surface area contributed by atoms with Crippen molar-refractivity contribution in [1.29, 1.82) is 5.26 Å². The maximum Gasteiger partial charge on any atom is 0.142 e.